The van der Waals surface area contributed by atoms with E-state index in [4.69, 9.17) is 0 Å². The molecule has 1 aliphatic heterocycles. The van der Waals surface area contributed by atoms with Crippen LogP contribution in [0.15, 0.2) is 24.3 Å². The maximum absolute atomic E-state index is 10.5. The Morgan fingerprint density at radius 1 is 1.06 bits per heavy atom. The lowest BCUT2D eigenvalue weighted by Crippen LogP contribution is -2.28. The van der Waals surface area contributed by atoms with Gasteiger partial charge in [0, 0.05) is 13.1 Å². The van der Waals surface area contributed by atoms with Crippen LogP contribution in [0.5, 0.6) is 0 Å². The van der Waals surface area contributed by atoms with Crippen LogP contribution in [0, 0.1) is 0 Å². The summed E-state index contributed by atoms with van der Waals surface area (Å²) >= 11 is 0. The minimum Gasteiger partial charge on any atom is -0.341 e. The number of nitrogens with zero attached hydrogens (tertiary/aromatic N) is 1. The highest BCUT2D eigenvalue weighted by molar-refractivity contribution is 5.49. The van der Waals surface area contributed by atoms with E-state index in [1.807, 2.05) is 38.7 Å². The van der Waals surface area contributed by atoms with E-state index in [1.165, 1.54) is 11.1 Å². The van der Waals surface area contributed by atoms with Gasteiger partial charge in [0.2, 0.25) is 6.41 Å². The molecule has 1 aromatic carbocycles. The van der Waals surface area contributed by atoms with Gasteiger partial charge in [-0.1, -0.05) is 52.0 Å². The number of carbonyl (C=O) groups is 1. The molecule has 0 radical (unpaired) electrons. The quantitative estimate of drug-likeness (QED) is 0.667. The van der Waals surface area contributed by atoms with Gasteiger partial charge in [0.25, 0.3) is 0 Å². The van der Waals surface area contributed by atoms with E-state index in [2.05, 4.69) is 18.2 Å². The van der Waals surface area contributed by atoms with Gasteiger partial charge in [-0.3, -0.25) is 4.79 Å². The summed E-state index contributed by atoms with van der Waals surface area (Å²) in [6.45, 7) is 9.64. The molecule has 1 aliphatic rings. The highest BCUT2D eigenvalue weighted by atomic mass is 16.1. The summed E-state index contributed by atoms with van der Waals surface area (Å²) in [4.78, 5) is 12.3. The van der Waals surface area contributed by atoms with Crippen molar-refractivity contribution in [3.63, 3.8) is 0 Å². The molecule has 0 atom stereocenters. The maximum atomic E-state index is 10.5. The molecule has 1 aromatic rings. The largest absolute Gasteiger partial charge is 0.341 e. The van der Waals surface area contributed by atoms with Gasteiger partial charge < -0.3 is 4.90 Å². The van der Waals surface area contributed by atoms with Crippen LogP contribution in [0.4, 0.5) is 0 Å². The van der Waals surface area contributed by atoms with Gasteiger partial charge in [0.05, 0.1) is 0 Å². The van der Waals surface area contributed by atoms with Crippen molar-refractivity contribution in [2.75, 3.05) is 6.54 Å². The molecule has 2 heteroatoms. The van der Waals surface area contributed by atoms with Crippen LogP contribution in [0.3, 0.4) is 0 Å². The zero-order valence-electron chi connectivity index (χ0n) is 10.9. The number of hydrogen-bond donors (Lipinski definition) is 0. The van der Waals surface area contributed by atoms with E-state index >= 15 is 0 Å². The molecule has 2 nitrogen and oxygen atoms in total. The second kappa shape index (κ2) is 8.96. The van der Waals surface area contributed by atoms with E-state index in [1.54, 1.807) is 0 Å². The number of hydrogen-bond acceptors (Lipinski definition) is 1. The van der Waals surface area contributed by atoms with Crippen molar-refractivity contribution in [1.29, 1.82) is 0 Å². The summed E-state index contributed by atoms with van der Waals surface area (Å²) in [5, 5.41) is 0. The van der Waals surface area contributed by atoms with Crippen LogP contribution in [0.2, 0.25) is 0 Å². The van der Waals surface area contributed by atoms with Gasteiger partial charge in [0.15, 0.2) is 0 Å². The SMILES string of the molecule is CC.CC.O=CN1CCc2ccccc2C1. The molecule has 1 amide bonds. The van der Waals surface area contributed by atoms with Crippen LogP contribution in [-0.2, 0) is 17.8 Å². The van der Waals surface area contributed by atoms with Crippen molar-refractivity contribution >= 4 is 6.41 Å². The predicted octanol–water partition coefficient (Wildman–Crippen LogP) is 3.25. The molecule has 1 heterocycles. The normalized spacial score (nSPS) is 12.4. The molecular weight excluding hydrogens is 198 g/mol. The summed E-state index contributed by atoms with van der Waals surface area (Å²) in [5.74, 6) is 0. The summed E-state index contributed by atoms with van der Waals surface area (Å²) in [6.07, 6.45) is 1.92. The minimum absolute atomic E-state index is 0.777. The maximum Gasteiger partial charge on any atom is 0.210 e. The zero-order valence-corrected chi connectivity index (χ0v) is 10.9. The monoisotopic (exact) mass is 221 g/mol. The Balaban J connectivity index is 0.000000509. The third kappa shape index (κ3) is 4.05. The third-order valence-electron chi connectivity index (χ3n) is 2.31. The number of amides is 1. The Hall–Kier alpha value is -1.31. The first kappa shape index (κ1) is 14.7. The fourth-order valence-corrected chi connectivity index (χ4v) is 1.61. The molecular formula is C14H23NO. The van der Waals surface area contributed by atoms with Gasteiger partial charge >= 0.3 is 0 Å². The van der Waals surface area contributed by atoms with Gasteiger partial charge in [-0.05, 0) is 17.5 Å². The third-order valence-corrected chi connectivity index (χ3v) is 2.31. The summed E-state index contributed by atoms with van der Waals surface area (Å²) in [6, 6.07) is 8.30. The fourth-order valence-electron chi connectivity index (χ4n) is 1.61. The molecule has 0 bridgehead atoms. The molecule has 0 spiro atoms. The van der Waals surface area contributed by atoms with E-state index in [0.717, 1.165) is 25.9 Å². The second-order valence-corrected chi connectivity index (χ2v) is 3.09. The topological polar surface area (TPSA) is 20.3 Å². The lowest BCUT2D eigenvalue weighted by molar-refractivity contribution is -0.118. The highest BCUT2D eigenvalue weighted by Gasteiger charge is 2.12. The molecule has 0 fully saturated rings. The Kier molecular flexibility index (Phi) is 8.22. The average molecular weight is 221 g/mol. The van der Waals surface area contributed by atoms with Crippen molar-refractivity contribution in [2.45, 2.75) is 40.7 Å². The summed E-state index contributed by atoms with van der Waals surface area (Å²) < 4.78 is 0. The molecule has 0 saturated carbocycles. The Morgan fingerprint density at radius 3 is 2.19 bits per heavy atom. The van der Waals surface area contributed by atoms with E-state index < -0.39 is 0 Å². The molecule has 0 unspecified atom stereocenters. The minimum atomic E-state index is 0.777. The summed E-state index contributed by atoms with van der Waals surface area (Å²) in [5.41, 5.74) is 2.67. The summed E-state index contributed by atoms with van der Waals surface area (Å²) in [7, 11) is 0. The second-order valence-electron chi connectivity index (χ2n) is 3.09. The van der Waals surface area contributed by atoms with Crippen molar-refractivity contribution < 1.29 is 4.79 Å². The van der Waals surface area contributed by atoms with Crippen LogP contribution in [0.25, 0.3) is 0 Å². The molecule has 0 aliphatic carbocycles. The van der Waals surface area contributed by atoms with Crippen LogP contribution in [-0.4, -0.2) is 17.9 Å². The van der Waals surface area contributed by atoms with Gasteiger partial charge in [-0.15, -0.1) is 0 Å². The number of fused-ring (bicyclic) bond motifs is 1. The Bertz CT molecular complexity index is 297. The average Bonchev–Trinajstić information content (AvgIpc) is 2.42. The Labute approximate surface area is 99.3 Å². The predicted molar refractivity (Wildman–Crippen MR) is 69.3 cm³/mol. The van der Waals surface area contributed by atoms with E-state index in [9.17, 15) is 4.79 Å². The lowest BCUT2D eigenvalue weighted by Gasteiger charge is -2.24. The Morgan fingerprint density at radius 2 is 1.62 bits per heavy atom. The van der Waals surface area contributed by atoms with Crippen molar-refractivity contribution in [3.05, 3.63) is 35.4 Å². The molecule has 0 N–H and O–H groups in total. The van der Waals surface area contributed by atoms with Gasteiger partial charge in [0.1, 0.15) is 0 Å². The number of carbonyl (C=O) groups excluding carboxylic acids is 1. The first-order chi connectivity index (χ1) is 7.90. The fraction of sp³-hybridized carbons (Fsp3) is 0.500. The molecule has 90 valence electrons. The smallest absolute Gasteiger partial charge is 0.210 e. The van der Waals surface area contributed by atoms with Crippen LogP contribution in [0.1, 0.15) is 38.8 Å². The van der Waals surface area contributed by atoms with Crippen molar-refractivity contribution in [1.82, 2.24) is 4.90 Å². The first-order valence-corrected chi connectivity index (χ1v) is 6.16. The van der Waals surface area contributed by atoms with Crippen LogP contribution < -0.4 is 0 Å². The molecule has 2 rings (SSSR count). The van der Waals surface area contributed by atoms with E-state index in [-0.39, 0.29) is 0 Å². The lowest BCUT2D eigenvalue weighted by atomic mass is 10.0. The van der Waals surface area contributed by atoms with Crippen molar-refractivity contribution in [2.24, 2.45) is 0 Å². The zero-order chi connectivity index (χ0) is 12.4. The molecule has 0 aromatic heterocycles. The number of rotatable bonds is 1. The highest BCUT2D eigenvalue weighted by Crippen LogP contribution is 2.16. The van der Waals surface area contributed by atoms with E-state index in [0.29, 0.717) is 0 Å². The van der Waals surface area contributed by atoms with Gasteiger partial charge in [-0.2, -0.15) is 0 Å². The van der Waals surface area contributed by atoms with Gasteiger partial charge in [-0.25, -0.2) is 0 Å². The first-order valence-electron chi connectivity index (χ1n) is 6.16. The number of benzene rings is 1. The molecule has 16 heavy (non-hydrogen) atoms. The standard InChI is InChI=1S/C10H11NO.2C2H6/c12-8-11-6-5-9-3-1-2-4-10(9)7-11;2*1-2/h1-4,8H,5-7H2;2*1-2H3. The van der Waals surface area contributed by atoms with Crippen LogP contribution >= 0.6 is 0 Å². The van der Waals surface area contributed by atoms with Crippen molar-refractivity contribution in [3.8, 4) is 0 Å². The molecule has 0 saturated heterocycles.